The van der Waals surface area contributed by atoms with Gasteiger partial charge in [-0.1, -0.05) is 30.3 Å². The van der Waals surface area contributed by atoms with E-state index in [1.165, 1.54) is 18.4 Å². The number of likely N-dealkylation sites (tertiary alicyclic amines) is 1. The lowest BCUT2D eigenvalue weighted by molar-refractivity contribution is -0.0566. The number of hydrogen-bond acceptors (Lipinski definition) is 4. The van der Waals surface area contributed by atoms with Crippen LogP contribution in [-0.2, 0) is 11.3 Å². The van der Waals surface area contributed by atoms with Crippen molar-refractivity contribution in [3.05, 3.63) is 35.9 Å². The highest BCUT2D eigenvalue weighted by Crippen LogP contribution is 2.21. The van der Waals surface area contributed by atoms with Crippen molar-refractivity contribution in [2.24, 2.45) is 4.99 Å². The Morgan fingerprint density at radius 2 is 2.00 bits per heavy atom. The van der Waals surface area contributed by atoms with E-state index in [1.54, 1.807) is 0 Å². The molecular formula is C21H35IN4O2. The van der Waals surface area contributed by atoms with E-state index >= 15 is 0 Å². The summed E-state index contributed by atoms with van der Waals surface area (Å²) in [6.45, 7) is 7.56. The van der Waals surface area contributed by atoms with Crippen molar-refractivity contribution in [2.75, 3.05) is 39.4 Å². The first-order valence-electron chi connectivity index (χ1n) is 10.3. The second-order valence-electron chi connectivity index (χ2n) is 7.66. The molecule has 2 saturated heterocycles. The maximum absolute atomic E-state index is 10.6. The van der Waals surface area contributed by atoms with E-state index in [-0.39, 0.29) is 24.0 Å². The smallest absolute Gasteiger partial charge is 0.191 e. The molecule has 3 rings (SSSR count). The van der Waals surface area contributed by atoms with Gasteiger partial charge < -0.3 is 20.5 Å². The number of guanidine groups is 1. The van der Waals surface area contributed by atoms with Gasteiger partial charge in [-0.15, -0.1) is 24.0 Å². The average Bonchev–Trinajstić information content (AvgIpc) is 3.12. The quantitative estimate of drug-likeness (QED) is 0.304. The van der Waals surface area contributed by atoms with Gasteiger partial charge in [-0.2, -0.15) is 0 Å². The Balaban J connectivity index is 0.00000280. The lowest BCUT2D eigenvalue weighted by Crippen LogP contribution is -2.46. The van der Waals surface area contributed by atoms with E-state index in [2.05, 4.69) is 57.8 Å². The topological polar surface area (TPSA) is 69.1 Å². The summed E-state index contributed by atoms with van der Waals surface area (Å²) in [6, 6.07) is 11.2. The zero-order chi connectivity index (χ0) is 19.0. The fourth-order valence-electron chi connectivity index (χ4n) is 3.84. The molecule has 28 heavy (non-hydrogen) atoms. The lowest BCUT2D eigenvalue weighted by atomic mass is 9.95. The number of aliphatic hydroxyl groups is 1. The lowest BCUT2D eigenvalue weighted by Gasteiger charge is -2.31. The molecule has 0 radical (unpaired) electrons. The molecule has 0 spiro atoms. The summed E-state index contributed by atoms with van der Waals surface area (Å²) in [4.78, 5) is 7.20. The number of nitrogens with one attached hydrogen (secondary N) is 2. The molecule has 1 aromatic rings. The predicted molar refractivity (Wildman–Crippen MR) is 124 cm³/mol. The van der Waals surface area contributed by atoms with Crippen LogP contribution in [0.2, 0.25) is 0 Å². The van der Waals surface area contributed by atoms with Crippen molar-refractivity contribution in [1.82, 2.24) is 15.5 Å². The van der Waals surface area contributed by atoms with Crippen molar-refractivity contribution in [2.45, 2.75) is 50.8 Å². The maximum Gasteiger partial charge on any atom is 0.191 e. The van der Waals surface area contributed by atoms with Crippen LogP contribution in [0, 0.1) is 0 Å². The second kappa shape index (κ2) is 11.9. The molecule has 7 heteroatoms. The summed E-state index contributed by atoms with van der Waals surface area (Å²) in [7, 11) is 0. The third-order valence-corrected chi connectivity index (χ3v) is 5.53. The van der Waals surface area contributed by atoms with Gasteiger partial charge in [0.1, 0.15) is 0 Å². The Kier molecular flexibility index (Phi) is 9.98. The molecule has 0 aliphatic carbocycles. The molecule has 3 N–H and O–H groups in total. The van der Waals surface area contributed by atoms with Gasteiger partial charge in [0.15, 0.2) is 5.96 Å². The molecule has 2 fully saturated rings. The molecule has 1 aromatic carbocycles. The monoisotopic (exact) mass is 502 g/mol. The van der Waals surface area contributed by atoms with E-state index in [1.807, 2.05) is 0 Å². The molecule has 0 saturated carbocycles. The number of hydrogen-bond donors (Lipinski definition) is 3. The predicted octanol–water partition coefficient (Wildman–Crippen LogP) is 2.37. The molecule has 6 nitrogen and oxygen atoms in total. The Bertz CT molecular complexity index is 593. The van der Waals surface area contributed by atoms with Gasteiger partial charge in [-0.25, -0.2) is 0 Å². The standard InChI is InChI=1S/C21H34N4O2.HI/c1-2-22-20(24-17-21(26)10-13-27-14-11-21)23-15-19-9-6-12-25(19)16-18-7-4-3-5-8-18;/h3-5,7-8,19,26H,2,6,9-17H2,1H3,(H2,22,23,24);1H. The molecule has 1 atom stereocenters. The highest BCUT2D eigenvalue weighted by atomic mass is 127. The zero-order valence-electron chi connectivity index (χ0n) is 16.9. The van der Waals surface area contributed by atoms with Crippen LogP contribution in [0.1, 0.15) is 38.2 Å². The molecule has 0 aromatic heterocycles. The molecule has 2 aliphatic heterocycles. The minimum absolute atomic E-state index is 0. The summed E-state index contributed by atoms with van der Waals surface area (Å²) < 4.78 is 5.35. The molecule has 0 amide bonds. The highest BCUT2D eigenvalue weighted by molar-refractivity contribution is 14.0. The summed E-state index contributed by atoms with van der Waals surface area (Å²) in [5.41, 5.74) is 0.638. The van der Waals surface area contributed by atoms with Gasteiger partial charge in [0, 0.05) is 51.7 Å². The van der Waals surface area contributed by atoms with Crippen LogP contribution in [0.15, 0.2) is 35.3 Å². The SMILES string of the molecule is CCNC(=NCC1(O)CCOCC1)NCC1CCCN1Cc1ccccc1.I. The van der Waals surface area contributed by atoms with Crippen LogP contribution in [0.25, 0.3) is 0 Å². The van der Waals surface area contributed by atoms with Gasteiger partial charge in [-0.05, 0) is 31.9 Å². The molecule has 2 heterocycles. The molecule has 2 aliphatic rings. The zero-order valence-corrected chi connectivity index (χ0v) is 19.2. The normalized spacial score (nSPS) is 22.5. The number of aliphatic imine (C=N–C) groups is 1. The fourth-order valence-corrected chi connectivity index (χ4v) is 3.84. The van der Waals surface area contributed by atoms with Crippen molar-refractivity contribution < 1.29 is 9.84 Å². The van der Waals surface area contributed by atoms with Crippen molar-refractivity contribution in [1.29, 1.82) is 0 Å². The van der Waals surface area contributed by atoms with Crippen molar-refractivity contribution >= 4 is 29.9 Å². The fraction of sp³-hybridized carbons (Fsp3) is 0.667. The Hall–Kier alpha value is -0.900. The minimum Gasteiger partial charge on any atom is -0.388 e. The summed E-state index contributed by atoms with van der Waals surface area (Å²) in [5.74, 6) is 0.795. The van der Waals surface area contributed by atoms with Crippen LogP contribution in [-0.4, -0.2) is 67.0 Å². The first-order chi connectivity index (χ1) is 13.2. The largest absolute Gasteiger partial charge is 0.388 e. The number of halogens is 1. The number of ether oxygens (including phenoxy) is 1. The van der Waals surface area contributed by atoms with E-state index in [4.69, 9.17) is 4.74 Å². The molecule has 158 valence electrons. The number of benzene rings is 1. The number of rotatable bonds is 7. The summed E-state index contributed by atoms with van der Waals surface area (Å²) >= 11 is 0. The van der Waals surface area contributed by atoms with Crippen LogP contribution >= 0.6 is 24.0 Å². The van der Waals surface area contributed by atoms with Crippen molar-refractivity contribution in [3.8, 4) is 0 Å². The van der Waals surface area contributed by atoms with E-state index < -0.39 is 5.60 Å². The molecule has 1 unspecified atom stereocenters. The van der Waals surface area contributed by atoms with Crippen LogP contribution in [0.4, 0.5) is 0 Å². The Morgan fingerprint density at radius 1 is 1.25 bits per heavy atom. The van der Waals surface area contributed by atoms with Gasteiger partial charge in [-0.3, -0.25) is 9.89 Å². The first kappa shape index (κ1) is 23.4. The maximum atomic E-state index is 10.6. The summed E-state index contributed by atoms with van der Waals surface area (Å²) in [6.07, 6.45) is 3.76. The first-order valence-corrected chi connectivity index (χ1v) is 10.3. The van der Waals surface area contributed by atoms with E-state index in [0.717, 1.165) is 32.1 Å². The van der Waals surface area contributed by atoms with E-state index in [9.17, 15) is 5.11 Å². The van der Waals surface area contributed by atoms with Gasteiger partial charge in [0.05, 0.1) is 12.1 Å². The second-order valence-corrected chi connectivity index (χ2v) is 7.66. The van der Waals surface area contributed by atoms with Gasteiger partial charge in [0.2, 0.25) is 0 Å². The van der Waals surface area contributed by atoms with E-state index in [0.29, 0.717) is 38.6 Å². The van der Waals surface area contributed by atoms with Gasteiger partial charge in [0.25, 0.3) is 0 Å². The third kappa shape index (κ3) is 7.17. The highest BCUT2D eigenvalue weighted by Gasteiger charge is 2.30. The third-order valence-electron chi connectivity index (χ3n) is 5.53. The van der Waals surface area contributed by atoms with Crippen LogP contribution in [0.5, 0.6) is 0 Å². The minimum atomic E-state index is -0.729. The van der Waals surface area contributed by atoms with Gasteiger partial charge >= 0.3 is 0 Å². The van der Waals surface area contributed by atoms with Crippen molar-refractivity contribution in [3.63, 3.8) is 0 Å². The molecular weight excluding hydrogens is 467 g/mol. The Labute approximate surface area is 186 Å². The molecule has 0 bridgehead atoms. The number of nitrogens with zero attached hydrogens (tertiary/aromatic N) is 2. The Morgan fingerprint density at radius 3 is 2.71 bits per heavy atom. The van der Waals surface area contributed by atoms with Crippen LogP contribution < -0.4 is 10.6 Å². The summed E-state index contributed by atoms with van der Waals surface area (Å²) in [5, 5.41) is 17.4. The average molecular weight is 502 g/mol. The van der Waals surface area contributed by atoms with Crippen LogP contribution in [0.3, 0.4) is 0 Å².